The Kier molecular flexibility index (Phi) is 4.01. The third-order valence-electron chi connectivity index (χ3n) is 3.39. The summed E-state index contributed by atoms with van der Waals surface area (Å²) >= 11 is 3.77. The van der Waals surface area contributed by atoms with Gasteiger partial charge < -0.3 is 0 Å². The van der Waals surface area contributed by atoms with E-state index in [9.17, 15) is 8.42 Å². The van der Waals surface area contributed by atoms with Crippen LogP contribution in [0.5, 0.6) is 0 Å². The van der Waals surface area contributed by atoms with Crippen LogP contribution >= 0.6 is 15.9 Å². The Morgan fingerprint density at radius 1 is 1.10 bits per heavy atom. The Labute approximate surface area is 148 Å². The average molecular weight is 550 g/mol. The van der Waals surface area contributed by atoms with Gasteiger partial charge in [-0.1, -0.05) is 0 Å². The molecule has 0 spiro atoms. The van der Waals surface area contributed by atoms with E-state index >= 15 is 0 Å². The van der Waals surface area contributed by atoms with Gasteiger partial charge in [0.1, 0.15) is 0 Å². The molecule has 3 aromatic rings. The van der Waals surface area contributed by atoms with Crippen LogP contribution in [-0.2, 0) is 36.1 Å². The van der Waals surface area contributed by atoms with Crippen molar-refractivity contribution in [3.63, 3.8) is 0 Å². The quantitative estimate of drug-likeness (QED) is 0.461. The number of halogens is 1. The number of nitrogens with zero attached hydrogens (tertiary/aromatic N) is 1. The van der Waals surface area contributed by atoms with Crippen molar-refractivity contribution in [1.29, 1.82) is 0 Å². The van der Waals surface area contributed by atoms with Gasteiger partial charge in [-0.25, -0.2) is 0 Å². The first-order valence-corrected chi connectivity index (χ1v) is 11.3. The maximum absolute atomic E-state index is 12.9. The van der Waals surface area contributed by atoms with Crippen molar-refractivity contribution in [2.75, 3.05) is 0 Å². The average Bonchev–Trinajstić information content (AvgIpc) is 2.76. The molecule has 0 fully saturated rings. The molecule has 0 bridgehead atoms. The second kappa shape index (κ2) is 5.52. The molecule has 103 valence electrons. The number of aromatic nitrogens is 1. The van der Waals surface area contributed by atoms with Gasteiger partial charge in [0, 0.05) is 0 Å². The summed E-state index contributed by atoms with van der Waals surface area (Å²) in [7, 11) is -3.55. The fourth-order valence-electron chi connectivity index (χ4n) is 2.26. The first kappa shape index (κ1) is 15.2. The van der Waals surface area contributed by atoms with E-state index < -0.39 is 10.0 Å². The summed E-state index contributed by atoms with van der Waals surface area (Å²) < 4.78 is 29.1. The van der Waals surface area contributed by atoms with E-state index in [0.29, 0.717) is 31.0 Å². The zero-order valence-corrected chi connectivity index (χ0v) is 19.3. The number of aryl methyl sites for hydroxylation is 1. The molecule has 3 rings (SSSR count). The van der Waals surface area contributed by atoms with Crippen LogP contribution in [0.1, 0.15) is 5.56 Å². The van der Waals surface area contributed by atoms with E-state index in [1.54, 1.807) is 18.3 Å². The molecule has 0 saturated heterocycles. The van der Waals surface area contributed by atoms with Crippen LogP contribution in [-0.4, -0.2) is 12.4 Å². The molecular weight excluding hydrogens is 539 g/mol. The minimum atomic E-state index is -3.55. The number of fused-ring (bicyclic) bond motifs is 1. The van der Waals surface area contributed by atoms with E-state index in [1.807, 2.05) is 37.3 Å². The topological polar surface area (TPSA) is 39.1 Å². The van der Waals surface area contributed by atoms with Gasteiger partial charge in [-0.05, 0) is 0 Å². The number of benzene rings is 2. The normalized spacial score (nSPS) is 12.0. The summed E-state index contributed by atoms with van der Waals surface area (Å²) in [5.74, 6) is 0. The minimum absolute atomic E-state index is 0.318. The number of rotatable bonds is 2. The predicted octanol–water partition coefficient (Wildman–Crippen LogP) is 3.12. The van der Waals surface area contributed by atoms with Gasteiger partial charge in [0.2, 0.25) is 0 Å². The van der Waals surface area contributed by atoms with Gasteiger partial charge in [0.05, 0.1) is 0 Å². The van der Waals surface area contributed by atoms with Crippen molar-refractivity contribution < 1.29 is 34.5 Å². The van der Waals surface area contributed by atoms with E-state index in [2.05, 4.69) is 15.9 Å². The van der Waals surface area contributed by atoms with Crippen LogP contribution in [0.2, 0.25) is 0 Å². The molecule has 0 unspecified atom stereocenters. The van der Waals surface area contributed by atoms with Crippen LogP contribution < -0.4 is 3.07 Å². The maximum atomic E-state index is 12.9. The third kappa shape index (κ3) is 2.71. The Morgan fingerprint density at radius 2 is 1.76 bits per heavy atom. The molecule has 21 heavy (non-hydrogen) atoms. The van der Waals surface area contributed by atoms with Gasteiger partial charge in [-0.2, -0.15) is 0 Å². The van der Waals surface area contributed by atoms with Gasteiger partial charge in [0.25, 0.3) is 0 Å². The molecule has 3 nitrogen and oxygen atoms in total. The summed E-state index contributed by atoms with van der Waals surface area (Å²) in [5.41, 5.74) is 1.77. The molecule has 0 radical (unpaired) electrons. The molecule has 1 heterocycles. The summed E-state index contributed by atoms with van der Waals surface area (Å²) in [6.07, 6.45) is 1.76. The van der Waals surface area contributed by atoms with Crippen molar-refractivity contribution >= 4 is 39.9 Å². The number of hydrogen-bond donors (Lipinski definition) is 0. The monoisotopic (exact) mass is 550 g/mol. The van der Waals surface area contributed by atoms with Crippen LogP contribution in [0.25, 0.3) is 10.9 Å². The Hall–Kier alpha value is -0.655. The molecule has 0 aliphatic carbocycles. The van der Waals surface area contributed by atoms with E-state index in [4.69, 9.17) is 0 Å². The Balaban J connectivity index is 2.28. The molecule has 6 heteroatoms. The molecule has 1 aromatic heterocycles. The molecule has 0 aliphatic rings. The summed E-state index contributed by atoms with van der Waals surface area (Å²) in [4.78, 5) is 0.318. The first-order valence-electron chi connectivity index (χ1n) is 6.34. The second-order valence-electron chi connectivity index (χ2n) is 4.93. The van der Waals surface area contributed by atoms with Crippen molar-refractivity contribution in [3.05, 3.63) is 58.7 Å². The van der Waals surface area contributed by atoms with Crippen LogP contribution in [0.15, 0.2) is 58.0 Å². The van der Waals surface area contributed by atoms with Gasteiger partial charge in [-0.15, -0.1) is 0 Å². The van der Waals surface area contributed by atoms with Crippen LogP contribution in [0.4, 0.5) is 0 Å². The molecule has 0 saturated carbocycles. The van der Waals surface area contributed by atoms with Crippen molar-refractivity contribution in [2.45, 2.75) is 11.8 Å². The van der Waals surface area contributed by atoms with Crippen molar-refractivity contribution in [1.82, 2.24) is 3.97 Å². The first-order chi connectivity index (χ1) is 9.89. The predicted molar refractivity (Wildman–Crippen MR) is 83.0 cm³/mol. The summed E-state index contributed by atoms with van der Waals surface area (Å²) in [6.45, 7) is 1.94. The fourth-order valence-corrected chi connectivity index (χ4v) is 6.38. The van der Waals surface area contributed by atoms with Crippen LogP contribution in [0, 0.1) is 6.92 Å². The molecule has 0 atom stereocenters. The second-order valence-corrected chi connectivity index (χ2v) is 10.6. The Morgan fingerprint density at radius 3 is 2.43 bits per heavy atom. The molecule has 0 amide bonds. The SMILES string of the molecule is Cc1ccc(S(=O)(=O)n2c[c]([Hg])c3ccc(Br)cc32)cc1. The molecule has 0 aliphatic heterocycles. The number of hydrogen-bond acceptors (Lipinski definition) is 2. The van der Waals surface area contributed by atoms with Gasteiger partial charge >= 0.3 is 149 Å². The zero-order chi connectivity index (χ0) is 15.2. The van der Waals surface area contributed by atoms with E-state index in [0.717, 1.165) is 24.0 Å². The van der Waals surface area contributed by atoms with Crippen LogP contribution in [0.3, 0.4) is 0 Å². The summed E-state index contributed by atoms with van der Waals surface area (Å²) in [6, 6.07) is 12.7. The van der Waals surface area contributed by atoms with E-state index in [1.165, 1.54) is 3.97 Å². The standard InChI is InChI=1S/C15H11BrNO2S.Hg/c1-11-2-6-14(7-3-11)20(18,19)17-9-8-12-4-5-13(16)10-15(12)17;/h2-7,9-10H,1H3;. The third-order valence-corrected chi connectivity index (χ3v) is 7.77. The van der Waals surface area contributed by atoms with E-state index in [-0.39, 0.29) is 0 Å². The molecular formula is C15H11BrHgNO2S. The zero-order valence-electron chi connectivity index (χ0n) is 11.4. The van der Waals surface area contributed by atoms with Gasteiger partial charge in [-0.3, -0.25) is 0 Å². The Bertz CT molecular complexity index is 930. The molecule has 2 aromatic carbocycles. The van der Waals surface area contributed by atoms with Gasteiger partial charge in [0.15, 0.2) is 0 Å². The van der Waals surface area contributed by atoms with Crippen molar-refractivity contribution in [2.24, 2.45) is 0 Å². The fraction of sp³-hybridized carbons (Fsp3) is 0.0667. The summed E-state index contributed by atoms with van der Waals surface area (Å²) in [5, 5.41) is 1.03. The molecule has 0 N–H and O–H groups in total. The van der Waals surface area contributed by atoms with Crippen molar-refractivity contribution in [3.8, 4) is 0 Å².